The van der Waals surface area contributed by atoms with Crippen molar-refractivity contribution in [1.82, 2.24) is 0 Å². The summed E-state index contributed by atoms with van der Waals surface area (Å²) in [6.45, 7) is 6.25. The van der Waals surface area contributed by atoms with Gasteiger partial charge in [-0.1, -0.05) is 225 Å². The molecular formula is C65H104O6. The van der Waals surface area contributed by atoms with Crippen LogP contribution in [0.25, 0.3) is 0 Å². The monoisotopic (exact) mass is 981 g/mol. The minimum Gasteiger partial charge on any atom is -0.462 e. The fraction of sp³-hybridized carbons (Fsp3) is 0.615. The Hall–Kier alpha value is -4.45. The van der Waals surface area contributed by atoms with Gasteiger partial charge in [-0.05, 0) is 128 Å². The molecule has 0 aromatic heterocycles. The van der Waals surface area contributed by atoms with Gasteiger partial charge in [-0.2, -0.15) is 0 Å². The molecule has 0 rings (SSSR count). The quantitative estimate of drug-likeness (QED) is 0.0262. The van der Waals surface area contributed by atoms with Crippen molar-refractivity contribution in [2.45, 2.75) is 245 Å². The third-order valence-electron chi connectivity index (χ3n) is 11.6. The Balaban J connectivity index is 4.47. The van der Waals surface area contributed by atoms with E-state index >= 15 is 0 Å². The lowest BCUT2D eigenvalue weighted by Crippen LogP contribution is -2.30. The van der Waals surface area contributed by atoms with Crippen LogP contribution < -0.4 is 0 Å². The molecule has 0 spiro atoms. The molecule has 6 heteroatoms. The number of ether oxygens (including phenoxy) is 3. The van der Waals surface area contributed by atoms with Crippen molar-refractivity contribution in [2.75, 3.05) is 13.2 Å². The summed E-state index contributed by atoms with van der Waals surface area (Å²) >= 11 is 0. The summed E-state index contributed by atoms with van der Waals surface area (Å²) in [5.74, 6) is -0.968. The third-order valence-corrected chi connectivity index (χ3v) is 11.6. The Bertz CT molecular complexity index is 1550. The number of allylic oxidation sites excluding steroid dienone is 22. The Kier molecular flexibility index (Phi) is 54.5. The van der Waals surface area contributed by atoms with Gasteiger partial charge in [0, 0.05) is 19.3 Å². The van der Waals surface area contributed by atoms with Crippen LogP contribution in [0.15, 0.2) is 134 Å². The maximum atomic E-state index is 12.9. The molecule has 0 heterocycles. The van der Waals surface area contributed by atoms with Crippen molar-refractivity contribution in [1.29, 1.82) is 0 Å². The van der Waals surface area contributed by atoms with Crippen LogP contribution in [0.1, 0.15) is 239 Å². The summed E-state index contributed by atoms with van der Waals surface area (Å²) in [5, 5.41) is 0. The van der Waals surface area contributed by atoms with Gasteiger partial charge in [0.1, 0.15) is 13.2 Å². The summed E-state index contributed by atoms with van der Waals surface area (Å²) in [6.07, 6.45) is 81.5. The summed E-state index contributed by atoms with van der Waals surface area (Å²) < 4.78 is 16.8. The minimum absolute atomic E-state index is 0.104. The molecule has 0 N–H and O–H groups in total. The average molecular weight is 982 g/mol. The Labute approximate surface area is 436 Å². The van der Waals surface area contributed by atoms with E-state index in [1.807, 2.05) is 0 Å². The number of hydrogen-bond donors (Lipinski definition) is 0. The number of hydrogen-bond acceptors (Lipinski definition) is 6. The molecule has 1 atom stereocenters. The molecule has 6 nitrogen and oxygen atoms in total. The second-order valence-corrected chi connectivity index (χ2v) is 18.4. The highest BCUT2D eigenvalue weighted by Gasteiger charge is 2.19. The summed E-state index contributed by atoms with van der Waals surface area (Å²) in [4.78, 5) is 38.2. The lowest BCUT2D eigenvalue weighted by Gasteiger charge is -2.18. The zero-order chi connectivity index (χ0) is 51.4. The topological polar surface area (TPSA) is 78.9 Å². The highest BCUT2D eigenvalue weighted by Crippen LogP contribution is 2.14. The highest BCUT2D eigenvalue weighted by atomic mass is 16.6. The maximum absolute atomic E-state index is 12.9. The Morgan fingerprint density at radius 1 is 0.282 bits per heavy atom. The molecule has 400 valence electrons. The van der Waals surface area contributed by atoms with Crippen LogP contribution in [-0.2, 0) is 28.6 Å². The fourth-order valence-electron chi connectivity index (χ4n) is 7.44. The first kappa shape index (κ1) is 66.6. The second-order valence-electron chi connectivity index (χ2n) is 18.4. The molecule has 0 fully saturated rings. The smallest absolute Gasteiger partial charge is 0.306 e. The molecule has 0 aromatic carbocycles. The second kappa shape index (κ2) is 58.1. The lowest BCUT2D eigenvalue weighted by molar-refractivity contribution is -0.167. The number of carbonyl (C=O) groups is 3. The van der Waals surface area contributed by atoms with Crippen LogP contribution in [0.5, 0.6) is 0 Å². The van der Waals surface area contributed by atoms with Crippen molar-refractivity contribution >= 4 is 17.9 Å². The van der Waals surface area contributed by atoms with E-state index in [1.54, 1.807) is 0 Å². The van der Waals surface area contributed by atoms with Crippen molar-refractivity contribution < 1.29 is 28.6 Å². The molecule has 0 aliphatic carbocycles. The van der Waals surface area contributed by atoms with Gasteiger partial charge in [-0.3, -0.25) is 14.4 Å². The van der Waals surface area contributed by atoms with Gasteiger partial charge in [0.2, 0.25) is 0 Å². The molecule has 0 bridgehead atoms. The van der Waals surface area contributed by atoms with E-state index in [0.29, 0.717) is 19.3 Å². The number of rotatable bonds is 50. The van der Waals surface area contributed by atoms with Gasteiger partial charge in [0.15, 0.2) is 6.10 Å². The maximum Gasteiger partial charge on any atom is 0.306 e. The van der Waals surface area contributed by atoms with Gasteiger partial charge in [0.25, 0.3) is 0 Å². The summed E-state index contributed by atoms with van der Waals surface area (Å²) in [5.41, 5.74) is 0. The minimum atomic E-state index is -0.810. The fourth-order valence-corrected chi connectivity index (χ4v) is 7.44. The van der Waals surface area contributed by atoms with Crippen LogP contribution >= 0.6 is 0 Å². The van der Waals surface area contributed by atoms with Crippen molar-refractivity contribution in [3.63, 3.8) is 0 Å². The van der Waals surface area contributed by atoms with Gasteiger partial charge >= 0.3 is 17.9 Å². The first-order valence-electron chi connectivity index (χ1n) is 28.7. The third kappa shape index (κ3) is 56.3. The van der Waals surface area contributed by atoms with Crippen molar-refractivity contribution in [3.05, 3.63) is 134 Å². The van der Waals surface area contributed by atoms with E-state index in [-0.39, 0.29) is 31.1 Å². The highest BCUT2D eigenvalue weighted by molar-refractivity contribution is 5.71. The number of esters is 3. The summed E-state index contributed by atoms with van der Waals surface area (Å²) in [6, 6.07) is 0. The van der Waals surface area contributed by atoms with Crippen LogP contribution in [0.4, 0.5) is 0 Å². The van der Waals surface area contributed by atoms with Gasteiger partial charge in [0.05, 0.1) is 0 Å². The molecule has 0 aromatic rings. The molecule has 71 heavy (non-hydrogen) atoms. The van der Waals surface area contributed by atoms with Gasteiger partial charge < -0.3 is 14.2 Å². The van der Waals surface area contributed by atoms with E-state index < -0.39 is 6.10 Å². The molecule has 0 radical (unpaired) electrons. The predicted octanol–water partition coefficient (Wildman–Crippen LogP) is 19.4. The van der Waals surface area contributed by atoms with E-state index in [0.717, 1.165) is 141 Å². The number of unbranched alkanes of at least 4 members (excludes halogenated alkanes) is 17. The molecule has 0 aliphatic heterocycles. The summed E-state index contributed by atoms with van der Waals surface area (Å²) in [7, 11) is 0. The zero-order valence-electron chi connectivity index (χ0n) is 45.7. The van der Waals surface area contributed by atoms with E-state index in [9.17, 15) is 14.4 Å². The SMILES string of the molecule is CC/C=C\C/C=C\C/C=C\C/C=C\CCCCCCCCCCC(=O)OCC(COC(=O)CCCC/C=C\C/C=C\C/C=C\C/C=C\CC)OC(=O)CCCCCCCCC/C=C\C/C=C\C/C=C\CC. The first-order valence-corrected chi connectivity index (χ1v) is 28.7. The van der Waals surface area contributed by atoms with Crippen molar-refractivity contribution in [3.8, 4) is 0 Å². The Morgan fingerprint density at radius 2 is 0.507 bits per heavy atom. The molecule has 0 saturated heterocycles. The van der Waals surface area contributed by atoms with Gasteiger partial charge in [-0.15, -0.1) is 0 Å². The van der Waals surface area contributed by atoms with Crippen LogP contribution in [-0.4, -0.2) is 37.2 Å². The first-order chi connectivity index (χ1) is 35.0. The van der Waals surface area contributed by atoms with Gasteiger partial charge in [-0.25, -0.2) is 0 Å². The standard InChI is InChI=1S/C65H104O6/c1-4-7-10-13-16-19-22-25-28-30-31-32-33-35-37-40-43-46-49-52-55-58-64(67)70-61-62(60-69-63(66)57-54-51-48-45-42-39-36-27-24-21-18-15-12-9-6-3)71-65(68)59-56-53-50-47-44-41-38-34-29-26-23-20-17-14-11-8-5-2/h7-12,16-21,25-29,31-32,36,42,45,62H,4-6,13-15,22-24,30,33-35,37-41,43-44,46-61H2,1-3H3/b10-7-,11-8-,12-9-,19-16-,20-17-,21-18-,28-25-,29-26-,32-31-,36-27-,45-42-. The van der Waals surface area contributed by atoms with E-state index in [1.165, 1.54) is 57.8 Å². The Morgan fingerprint density at radius 3 is 0.817 bits per heavy atom. The van der Waals surface area contributed by atoms with E-state index in [4.69, 9.17) is 14.2 Å². The molecule has 0 saturated carbocycles. The lowest BCUT2D eigenvalue weighted by atomic mass is 10.1. The van der Waals surface area contributed by atoms with Crippen LogP contribution in [0.3, 0.4) is 0 Å². The normalized spacial score (nSPS) is 13.1. The largest absolute Gasteiger partial charge is 0.462 e. The van der Waals surface area contributed by atoms with Crippen molar-refractivity contribution in [2.24, 2.45) is 0 Å². The zero-order valence-corrected chi connectivity index (χ0v) is 45.7. The molecule has 1 unspecified atom stereocenters. The molecule has 0 aliphatic rings. The average Bonchev–Trinajstić information content (AvgIpc) is 3.37. The predicted molar refractivity (Wildman–Crippen MR) is 306 cm³/mol. The van der Waals surface area contributed by atoms with Crippen LogP contribution in [0.2, 0.25) is 0 Å². The van der Waals surface area contributed by atoms with Crippen LogP contribution in [0, 0.1) is 0 Å². The molecule has 0 amide bonds. The van der Waals surface area contributed by atoms with E-state index in [2.05, 4.69) is 154 Å². The molecular weight excluding hydrogens is 877 g/mol. The number of carbonyl (C=O) groups excluding carboxylic acids is 3.